The lowest BCUT2D eigenvalue weighted by molar-refractivity contribution is -0.126. The molecule has 4 heteroatoms. The highest BCUT2D eigenvalue weighted by molar-refractivity contribution is 5.87. The minimum atomic E-state index is -0.417. The van der Waals surface area contributed by atoms with E-state index in [2.05, 4.69) is 6.92 Å². The van der Waals surface area contributed by atoms with Gasteiger partial charge in [-0.3, -0.25) is 4.79 Å². The van der Waals surface area contributed by atoms with E-state index in [4.69, 9.17) is 4.74 Å². The van der Waals surface area contributed by atoms with Crippen LogP contribution in [0.25, 0.3) is 0 Å². The number of benzene rings is 1. The Balaban J connectivity index is 1.83. The minimum Gasteiger partial charge on any atom is -0.445 e. The summed E-state index contributed by atoms with van der Waals surface area (Å²) >= 11 is 0. The van der Waals surface area contributed by atoms with E-state index in [0.29, 0.717) is 19.4 Å². The molecule has 0 aromatic heterocycles. The molecule has 1 aromatic carbocycles. The average molecular weight is 260 g/mol. The molecule has 1 fully saturated rings. The fourth-order valence-electron chi connectivity index (χ4n) is 2.14. The van der Waals surface area contributed by atoms with Crippen molar-refractivity contribution in [1.82, 2.24) is 4.90 Å². The van der Waals surface area contributed by atoms with Crippen molar-refractivity contribution in [3.63, 3.8) is 0 Å². The van der Waals surface area contributed by atoms with Crippen LogP contribution in [-0.4, -0.2) is 29.9 Å². The Bertz CT molecular complexity index is 444. The van der Waals surface area contributed by atoms with Crippen LogP contribution in [0.1, 0.15) is 18.4 Å². The van der Waals surface area contributed by atoms with Crippen molar-refractivity contribution in [1.29, 1.82) is 0 Å². The van der Waals surface area contributed by atoms with Crippen molar-refractivity contribution >= 4 is 11.9 Å². The van der Waals surface area contributed by atoms with Crippen LogP contribution in [0.2, 0.25) is 0 Å². The zero-order valence-corrected chi connectivity index (χ0v) is 10.9. The molecule has 0 N–H and O–H groups in total. The molecule has 0 bridgehead atoms. The molecule has 0 spiro atoms. The summed E-state index contributed by atoms with van der Waals surface area (Å²) in [5.74, 6) is 0.0797. The standard InChI is InChI=1S/C15H18NO3/c1-2-13-8-9-16(10-14(13)17)15(18)19-11-12-6-4-3-5-7-12/h3-7,13H,1-2,8-11H2. The Hall–Kier alpha value is -1.84. The Morgan fingerprint density at radius 1 is 1.37 bits per heavy atom. The number of likely N-dealkylation sites (tertiary alicyclic amines) is 1. The maximum Gasteiger partial charge on any atom is 0.410 e. The SMILES string of the molecule is [CH2]CC1CCN(C(=O)OCc2ccccc2)CC1=O. The summed E-state index contributed by atoms with van der Waals surface area (Å²) < 4.78 is 5.20. The first-order chi connectivity index (χ1) is 9.20. The topological polar surface area (TPSA) is 46.6 Å². The highest BCUT2D eigenvalue weighted by atomic mass is 16.6. The minimum absolute atomic E-state index is 0.00169. The summed E-state index contributed by atoms with van der Waals surface area (Å²) in [6.45, 7) is 4.70. The Morgan fingerprint density at radius 3 is 2.74 bits per heavy atom. The quantitative estimate of drug-likeness (QED) is 0.838. The van der Waals surface area contributed by atoms with Gasteiger partial charge in [0, 0.05) is 12.5 Å². The summed E-state index contributed by atoms with van der Waals surface area (Å²) in [4.78, 5) is 25.0. The lowest BCUT2D eigenvalue weighted by Gasteiger charge is -2.29. The first-order valence-corrected chi connectivity index (χ1v) is 6.48. The molecule has 1 unspecified atom stereocenters. The number of nitrogens with zero attached hydrogens (tertiary/aromatic N) is 1. The number of carbonyl (C=O) groups excluding carboxylic acids is 2. The molecular formula is C15H18NO3. The maximum atomic E-state index is 11.8. The van der Waals surface area contributed by atoms with Gasteiger partial charge in [-0.2, -0.15) is 0 Å². The Morgan fingerprint density at radius 2 is 2.11 bits per heavy atom. The average Bonchev–Trinajstić information content (AvgIpc) is 2.45. The Labute approximate surface area is 113 Å². The first-order valence-electron chi connectivity index (χ1n) is 6.48. The highest BCUT2D eigenvalue weighted by Gasteiger charge is 2.29. The van der Waals surface area contributed by atoms with E-state index in [1.807, 2.05) is 30.3 Å². The molecule has 1 saturated heterocycles. The molecule has 1 radical (unpaired) electrons. The van der Waals surface area contributed by atoms with Crippen LogP contribution >= 0.6 is 0 Å². The van der Waals surface area contributed by atoms with Gasteiger partial charge in [0.05, 0.1) is 6.54 Å². The van der Waals surface area contributed by atoms with Crippen LogP contribution in [0.5, 0.6) is 0 Å². The molecule has 1 heterocycles. The summed E-state index contributed by atoms with van der Waals surface area (Å²) in [5, 5.41) is 0. The summed E-state index contributed by atoms with van der Waals surface area (Å²) in [6.07, 6.45) is 0.869. The van der Waals surface area contributed by atoms with Gasteiger partial charge in [0.1, 0.15) is 6.61 Å². The van der Waals surface area contributed by atoms with Crippen molar-refractivity contribution in [3.05, 3.63) is 42.8 Å². The van der Waals surface area contributed by atoms with E-state index in [1.54, 1.807) is 0 Å². The molecule has 19 heavy (non-hydrogen) atoms. The molecular weight excluding hydrogens is 242 g/mol. The number of rotatable bonds is 3. The predicted octanol–water partition coefficient (Wildman–Crippen LogP) is 2.44. The number of carbonyl (C=O) groups is 2. The van der Waals surface area contributed by atoms with E-state index < -0.39 is 6.09 Å². The lowest BCUT2D eigenvalue weighted by atomic mass is 9.93. The van der Waals surface area contributed by atoms with Crippen LogP contribution in [0.4, 0.5) is 4.79 Å². The summed E-state index contributed by atoms with van der Waals surface area (Å²) in [6, 6.07) is 9.49. The van der Waals surface area contributed by atoms with Gasteiger partial charge in [0.25, 0.3) is 0 Å². The van der Waals surface area contributed by atoms with Gasteiger partial charge in [-0.25, -0.2) is 4.79 Å². The normalized spacial score (nSPS) is 19.3. The summed E-state index contributed by atoms with van der Waals surface area (Å²) in [5.41, 5.74) is 0.940. The number of ketones is 1. The monoisotopic (exact) mass is 260 g/mol. The molecule has 4 nitrogen and oxygen atoms in total. The molecule has 1 atom stereocenters. The lowest BCUT2D eigenvalue weighted by Crippen LogP contribution is -2.44. The number of piperidine rings is 1. The smallest absolute Gasteiger partial charge is 0.410 e. The number of hydrogen-bond donors (Lipinski definition) is 0. The fourth-order valence-corrected chi connectivity index (χ4v) is 2.14. The number of ether oxygens (including phenoxy) is 1. The van der Waals surface area contributed by atoms with E-state index in [9.17, 15) is 9.59 Å². The molecule has 1 amide bonds. The van der Waals surface area contributed by atoms with E-state index in [0.717, 1.165) is 5.56 Å². The van der Waals surface area contributed by atoms with Gasteiger partial charge < -0.3 is 9.64 Å². The van der Waals surface area contributed by atoms with Gasteiger partial charge in [0.2, 0.25) is 0 Å². The van der Waals surface area contributed by atoms with Crippen molar-refractivity contribution in [2.24, 2.45) is 5.92 Å². The number of Topliss-reactive ketones (excluding diaryl/α,β-unsaturated/α-hetero) is 1. The zero-order chi connectivity index (χ0) is 13.7. The molecule has 1 aliphatic heterocycles. The third kappa shape index (κ3) is 3.56. The van der Waals surface area contributed by atoms with Gasteiger partial charge in [-0.1, -0.05) is 37.3 Å². The molecule has 0 aliphatic carbocycles. The van der Waals surface area contributed by atoms with E-state index in [-0.39, 0.29) is 24.9 Å². The van der Waals surface area contributed by atoms with Crippen molar-refractivity contribution in [2.45, 2.75) is 19.4 Å². The second-order valence-electron chi connectivity index (χ2n) is 4.70. The first kappa shape index (κ1) is 13.6. The predicted molar refractivity (Wildman–Crippen MR) is 71.3 cm³/mol. The van der Waals surface area contributed by atoms with Gasteiger partial charge in [-0.15, -0.1) is 0 Å². The maximum absolute atomic E-state index is 11.8. The van der Waals surface area contributed by atoms with Crippen molar-refractivity contribution in [2.75, 3.05) is 13.1 Å². The third-order valence-electron chi connectivity index (χ3n) is 3.36. The van der Waals surface area contributed by atoms with Crippen LogP contribution in [0, 0.1) is 12.8 Å². The number of amides is 1. The van der Waals surface area contributed by atoms with Crippen LogP contribution < -0.4 is 0 Å². The third-order valence-corrected chi connectivity index (χ3v) is 3.36. The van der Waals surface area contributed by atoms with Crippen LogP contribution in [0.3, 0.4) is 0 Å². The highest BCUT2D eigenvalue weighted by Crippen LogP contribution is 2.17. The molecule has 1 aliphatic rings. The van der Waals surface area contributed by atoms with Crippen molar-refractivity contribution < 1.29 is 14.3 Å². The van der Waals surface area contributed by atoms with Gasteiger partial charge in [-0.05, 0) is 18.4 Å². The zero-order valence-electron chi connectivity index (χ0n) is 10.9. The van der Waals surface area contributed by atoms with Gasteiger partial charge in [0.15, 0.2) is 5.78 Å². The van der Waals surface area contributed by atoms with Gasteiger partial charge >= 0.3 is 6.09 Å². The number of hydrogen-bond acceptors (Lipinski definition) is 3. The molecule has 1 aromatic rings. The van der Waals surface area contributed by atoms with Crippen LogP contribution in [0.15, 0.2) is 30.3 Å². The van der Waals surface area contributed by atoms with Crippen LogP contribution in [-0.2, 0) is 16.1 Å². The second-order valence-corrected chi connectivity index (χ2v) is 4.70. The van der Waals surface area contributed by atoms with Crippen molar-refractivity contribution in [3.8, 4) is 0 Å². The molecule has 101 valence electrons. The second kappa shape index (κ2) is 6.36. The summed E-state index contributed by atoms with van der Waals surface area (Å²) in [7, 11) is 0. The Kier molecular flexibility index (Phi) is 4.55. The van der Waals surface area contributed by atoms with E-state index in [1.165, 1.54) is 4.90 Å². The molecule has 2 rings (SSSR count). The molecule has 0 saturated carbocycles. The van der Waals surface area contributed by atoms with E-state index >= 15 is 0 Å². The largest absolute Gasteiger partial charge is 0.445 e. The fraction of sp³-hybridized carbons (Fsp3) is 0.400.